The van der Waals surface area contributed by atoms with Crippen LogP contribution in [0.5, 0.6) is 0 Å². The Bertz CT molecular complexity index is 982. The van der Waals surface area contributed by atoms with Crippen molar-refractivity contribution in [1.29, 1.82) is 0 Å². The number of hydrogen-bond donors (Lipinski definition) is 2. The Balaban J connectivity index is 1.99. The van der Waals surface area contributed by atoms with Gasteiger partial charge in [0.25, 0.3) is 11.5 Å². The van der Waals surface area contributed by atoms with Gasteiger partial charge in [0.05, 0.1) is 11.2 Å². The number of aromatic nitrogens is 1. The second-order valence-corrected chi connectivity index (χ2v) is 6.04. The van der Waals surface area contributed by atoms with Crippen molar-refractivity contribution in [3.63, 3.8) is 0 Å². The third-order valence-electron chi connectivity index (χ3n) is 3.43. The summed E-state index contributed by atoms with van der Waals surface area (Å²) in [6, 6.07) is 10.9. The lowest BCUT2D eigenvalue weighted by Crippen LogP contribution is -2.23. The van der Waals surface area contributed by atoms with Gasteiger partial charge in [-0.1, -0.05) is 6.07 Å². The van der Waals surface area contributed by atoms with Crippen LogP contribution in [0.15, 0.2) is 51.7 Å². The number of rotatable bonds is 2. The van der Waals surface area contributed by atoms with Crippen LogP contribution in [0.4, 0.5) is 10.1 Å². The van der Waals surface area contributed by atoms with Crippen molar-refractivity contribution in [1.82, 2.24) is 4.98 Å². The normalized spacial score (nSPS) is 10.7. The molecular weight excluding hydrogens is 363 g/mol. The fraction of sp³-hybridized carbons (Fsp3) is 0.0588. The minimum Gasteiger partial charge on any atom is -0.321 e. The predicted molar refractivity (Wildman–Crippen MR) is 91.4 cm³/mol. The molecule has 2 N–H and O–H groups in total. The van der Waals surface area contributed by atoms with Crippen LogP contribution in [-0.4, -0.2) is 10.9 Å². The van der Waals surface area contributed by atoms with Crippen LogP contribution in [0.25, 0.3) is 10.9 Å². The van der Waals surface area contributed by atoms with Gasteiger partial charge in [0.1, 0.15) is 11.4 Å². The molecule has 6 heteroatoms. The molecule has 1 heterocycles. The first-order chi connectivity index (χ1) is 10.9. The Morgan fingerprint density at radius 2 is 1.96 bits per heavy atom. The van der Waals surface area contributed by atoms with Crippen LogP contribution >= 0.6 is 15.9 Å². The summed E-state index contributed by atoms with van der Waals surface area (Å²) in [5.74, 6) is -0.976. The first kappa shape index (κ1) is 15.4. The number of H-pyrrole nitrogens is 1. The van der Waals surface area contributed by atoms with E-state index in [1.165, 1.54) is 24.3 Å². The quantitative estimate of drug-likeness (QED) is 0.712. The number of pyridine rings is 1. The SMILES string of the molecule is Cc1ccc(NC(=O)c2cc3ccc(F)cc3[nH]c2=O)c(Br)c1. The van der Waals surface area contributed by atoms with Crippen molar-refractivity contribution in [2.75, 3.05) is 5.32 Å². The fourth-order valence-corrected chi connectivity index (χ4v) is 2.85. The highest BCUT2D eigenvalue weighted by Gasteiger charge is 2.13. The first-order valence-electron chi connectivity index (χ1n) is 6.84. The zero-order valence-electron chi connectivity index (χ0n) is 12.1. The molecule has 3 rings (SSSR count). The molecule has 0 atom stereocenters. The van der Waals surface area contributed by atoms with E-state index >= 15 is 0 Å². The standard InChI is InChI=1S/C17H12BrFN2O2/c1-9-2-5-14(13(18)6-9)20-16(22)12-7-10-3-4-11(19)8-15(10)21-17(12)23/h2-8H,1H3,(H,20,22)(H,21,23). The monoisotopic (exact) mass is 374 g/mol. The maximum absolute atomic E-state index is 13.2. The molecule has 3 aromatic rings. The van der Waals surface area contributed by atoms with Gasteiger partial charge in [-0.25, -0.2) is 4.39 Å². The Morgan fingerprint density at radius 1 is 1.17 bits per heavy atom. The van der Waals surface area contributed by atoms with Gasteiger partial charge in [-0.15, -0.1) is 0 Å². The van der Waals surface area contributed by atoms with E-state index in [2.05, 4.69) is 26.2 Å². The minimum absolute atomic E-state index is 0.0309. The second kappa shape index (κ2) is 5.96. The summed E-state index contributed by atoms with van der Waals surface area (Å²) in [6.07, 6.45) is 0. The molecule has 0 saturated heterocycles. The lowest BCUT2D eigenvalue weighted by Gasteiger charge is -2.08. The van der Waals surface area contributed by atoms with Crippen LogP contribution in [0, 0.1) is 12.7 Å². The number of anilines is 1. The van der Waals surface area contributed by atoms with Crippen LogP contribution < -0.4 is 10.9 Å². The van der Waals surface area contributed by atoms with Gasteiger partial charge in [-0.3, -0.25) is 9.59 Å². The van der Waals surface area contributed by atoms with Crippen LogP contribution in [0.1, 0.15) is 15.9 Å². The van der Waals surface area contributed by atoms with Crippen LogP contribution in [0.3, 0.4) is 0 Å². The van der Waals surface area contributed by atoms with Gasteiger partial charge in [0.15, 0.2) is 0 Å². The smallest absolute Gasteiger partial charge is 0.261 e. The molecule has 1 amide bonds. The minimum atomic E-state index is -0.566. The average molecular weight is 375 g/mol. The van der Waals surface area contributed by atoms with E-state index in [0.717, 1.165) is 10.0 Å². The lowest BCUT2D eigenvalue weighted by molar-refractivity contribution is 0.102. The second-order valence-electron chi connectivity index (χ2n) is 5.18. The molecule has 0 fully saturated rings. The van der Waals surface area contributed by atoms with Gasteiger partial charge >= 0.3 is 0 Å². The summed E-state index contributed by atoms with van der Waals surface area (Å²) in [4.78, 5) is 26.9. The summed E-state index contributed by atoms with van der Waals surface area (Å²) in [5, 5.41) is 3.27. The van der Waals surface area contributed by atoms with Crippen molar-refractivity contribution >= 4 is 38.4 Å². The molecule has 0 aliphatic carbocycles. The highest BCUT2D eigenvalue weighted by Crippen LogP contribution is 2.24. The molecule has 0 bridgehead atoms. The molecule has 0 radical (unpaired) electrons. The largest absolute Gasteiger partial charge is 0.321 e. The molecule has 2 aromatic carbocycles. The third-order valence-corrected chi connectivity index (χ3v) is 4.08. The summed E-state index contributed by atoms with van der Waals surface area (Å²) in [5.41, 5.74) is 1.36. The highest BCUT2D eigenvalue weighted by molar-refractivity contribution is 9.10. The lowest BCUT2D eigenvalue weighted by atomic mass is 10.1. The number of aromatic amines is 1. The number of carbonyl (C=O) groups is 1. The number of hydrogen-bond acceptors (Lipinski definition) is 2. The van der Waals surface area contributed by atoms with E-state index in [9.17, 15) is 14.0 Å². The maximum Gasteiger partial charge on any atom is 0.261 e. The molecule has 0 aliphatic rings. The number of halogens is 2. The fourth-order valence-electron chi connectivity index (χ4n) is 2.25. The Kier molecular flexibility index (Phi) is 4.00. The summed E-state index contributed by atoms with van der Waals surface area (Å²) in [6.45, 7) is 1.93. The number of amides is 1. The van der Waals surface area contributed by atoms with Crippen molar-refractivity contribution in [2.45, 2.75) is 6.92 Å². The summed E-state index contributed by atoms with van der Waals surface area (Å²) in [7, 11) is 0. The van der Waals surface area contributed by atoms with Gasteiger partial charge in [0, 0.05) is 4.47 Å². The van der Waals surface area contributed by atoms with Gasteiger partial charge in [0.2, 0.25) is 0 Å². The molecule has 4 nitrogen and oxygen atoms in total. The van der Waals surface area contributed by atoms with Crippen LogP contribution in [-0.2, 0) is 0 Å². The zero-order chi connectivity index (χ0) is 16.6. The first-order valence-corrected chi connectivity index (χ1v) is 7.63. The Hall–Kier alpha value is -2.47. The van der Waals surface area contributed by atoms with E-state index < -0.39 is 17.3 Å². The molecule has 0 unspecified atom stereocenters. The van der Waals surface area contributed by atoms with Crippen molar-refractivity contribution in [3.05, 3.63) is 74.2 Å². The van der Waals surface area contributed by atoms with Gasteiger partial charge < -0.3 is 10.3 Å². The molecular formula is C17H12BrFN2O2. The van der Waals surface area contributed by atoms with E-state index in [0.29, 0.717) is 16.6 Å². The molecule has 1 aromatic heterocycles. The third kappa shape index (κ3) is 3.17. The zero-order valence-corrected chi connectivity index (χ0v) is 13.7. The number of benzene rings is 2. The number of carbonyl (C=O) groups excluding carboxylic acids is 1. The van der Waals surface area contributed by atoms with E-state index in [1.807, 2.05) is 19.1 Å². The van der Waals surface area contributed by atoms with Gasteiger partial charge in [-0.2, -0.15) is 0 Å². The predicted octanol–water partition coefficient (Wildman–Crippen LogP) is 3.99. The molecule has 23 heavy (non-hydrogen) atoms. The topological polar surface area (TPSA) is 62.0 Å². The Morgan fingerprint density at radius 3 is 2.70 bits per heavy atom. The molecule has 0 spiro atoms. The average Bonchev–Trinajstić information content (AvgIpc) is 2.49. The van der Waals surface area contributed by atoms with Crippen LogP contribution in [0.2, 0.25) is 0 Å². The van der Waals surface area contributed by atoms with Crippen molar-refractivity contribution in [3.8, 4) is 0 Å². The number of nitrogens with one attached hydrogen (secondary N) is 2. The van der Waals surface area contributed by atoms with Crippen molar-refractivity contribution in [2.24, 2.45) is 0 Å². The summed E-state index contributed by atoms with van der Waals surface area (Å²) >= 11 is 3.37. The molecule has 0 aliphatic heterocycles. The number of aryl methyl sites for hydroxylation is 1. The van der Waals surface area contributed by atoms with Gasteiger partial charge in [-0.05, 0) is 70.2 Å². The maximum atomic E-state index is 13.2. The van der Waals surface area contributed by atoms with E-state index in [1.54, 1.807) is 6.07 Å². The highest BCUT2D eigenvalue weighted by atomic mass is 79.9. The summed E-state index contributed by atoms with van der Waals surface area (Å²) < 4.78 is 13.9. The molecule has 116 valence electrons. The van der Waals surface area contributed by atoms with Crippen molar-refractivity contribution < 1.29 is 9.18 Å². The van der Waals surface area contributed by atoms with E-state index in [-0.39, 0.29) is 5.56 Å². The number of fused-ring (bicyclic) bond motifs is 1. The Labute approximate surface area is 139 Å². The molecule has 0 saturated carbocycles. The van der Waals surface area contributed by atoms with E-state index in [4.69, 9.17) is 0 Å².